The molecule has 4 aliphatic rings. The molecule has 10 heteroatoms. The number of nitrogens with one attached hydrogen (secondary N) is 1. The molecule has 0 aliphatic carbocycles. The molecule has 4 aliphatic heterocycles. The Morgan fingerprint density at radius 1 is 0.939 bits per heavy atom. The minimum Gasteiger partial charge on any atom is -0.508 e. The zero-order chi connectivity index (χ0) is 33.1. The van der Waals surface area contributed by atoms with Crippen LogP contribution in [0.2, 0.25) is 0 Å². The Kier molecular flexibility index (Phi) is 7.29. The largest absolute Gasteiger partial charge is 0.508 e. The van der Waals surface area contributed by atoms with Crippen molar-refractivity contribution in [3.05, 3.63) is 78.4 Å². The Bertz CT molecular complexity index is 2120. The van der Waals surface area contributed by atoms with Crippen molar-refractivity contribution in [2.75, 3.05) is 37.7 Å². The van der Waals surface area contributed by atoms with E-state index in [0.29, 0.717) is 59.8 Å². The van der Waals surface area contributed by atoms with Crippen molar-refractivity contribution in [2.24, 2.45) is 0 Å². The standard InChI is InChI=1S/C39H37FN6O3/c40-26-18-39(12-5-13-46(39)20-26)23-48-38-43-34-16-32(31-15-29(47)14-24-6-1-3-8-30(24)31)36(49-35-9-4-2-7-25(35)19-41)17-33(34)37(44-38)45-21-27-10-11-28(22-45)42-27/h1-4,6-9,14-17,26-28,42,47H,5,10-13,18,20-23H2/t26-,27-,28-,39+/m1/s1. The second kappa shape index (κ2) is 11.9. The molecule has 1 aromatic heterocycles. The van der Waals surface area contributed by atoms with E-state index in [4.69, 9.17) is 19.4 Å². The third-order valence-electron chi connectivity index (χ3n) is 10.9. The summed E-state index contributed by atoms with van der Waals surface area (Å²) in [6.07, 6.45) is 3.78. The van der Waals surface area contributed by atoms with Gasteiger partial charge in [0.1, 0.15) is 41.9 Å². The molecule has 4 saturated heterocycles. The van der Waals surface area contributed by atoms with Crippen LogP contribution in [0.5, 0.6) is 23.3 Å². The lowest BCUT2D eigenvalue weighted by Crippen LogP contribution is -2.51. The first-order valence-electron chi connectivity index (χ1n) is 17.2. The van der Waals surface area contributed by atoms with Crippen LogP contribution in [0.25, 0.3) is 32.8 Å². The minimum absolute atomic E-state index is 0.129. The maximum absolute atomic E-state index is 14.6. The van der Waals surface area contributed by atoms with Crippen molar-refractivity contribution in [1.82, 2.24) is 20.2 Å². The SMILES string of the molecule is N#Cc1ccccc1Oc1cc2c(N3C[C@H]4CC[C@H](C3)N4)nc(OC[C@@]34CCCN3C[C@H](F)C4)nc2cc1-c1cc(O)cc2ccccc12. The van der Waals surface area contributed by atoms with E-state index in [1.54, 1.807) is 24.3 Å². The van der Waals surface area contributed by atoms with Crippen LogP contribution in [-0.4, -0.2) is 76.6 Å². The molecule has 49 heavy (non-hydrogen) atoms. The van der Waals surface area contributed by atoms with Gasteiger partial charge in [-0.15, -0.1) is 0 Å². The number of anilines is 1. The number of nitrogens with zero attached hydrogens (tertiary/aromatic N) is 5. The van der Waals surface area contributed by atoms with E-state index < -0.39 is 6.17 Å². The predicted octanol–water partition coefficient (Wildman–Crippen LogP) is 6.72. The topological polar surface area (TPSA) is 107 Å². The summed E-state index contributed by atoms with van der Waals surface area (Å²) < 4.78 is 27.7. The lowest BCUT2D eigenvalue weighted by atomic mass is 9.95. The smallest absolute Gasteiger partial charge is 0.319 e. The molecule has 4 aromatic carbocycles. The van der Waals surface area contributed by atoms with E-state index in [9.17, 15) is 14.8 Å². The highest BCUT2D eigenvalue weighted by Gasteiger charge is 2.49. The summed E-state index contributed by atoms with van der Waals surface area (Å²) in [6, 6.07) is 25.7. The fourth-order valence-corrected chi connectivity index (χ4v) is 8.62. The molecule has 248 valence electrons. The average molecular weight is 657 g/mol. The highest BCUT2D eigenvalue weighted by molar-refractivity contribution is 6.03. The van der Waals surface area contributed by atoms with E-state index >= 15 is 0 Å². The van der Waals surface area contributed by atoms with Crippen molar-refractivity contribution in [3.8, 4) is 40.5 Å². The van der Waals surface area contributed by atoms with Gasteiger partial charge in [-0.3, -0.25) is 4.90 Å². The number of aromatic nitrogens is 2. The van der Waals surface area contributed by atoms with Gasteiger partial charge in [-0.2, -0.15) is 15.2 Å². The predicted molar refractivity (Wildman–Crippen MR) is 186 cm³/mol. The number of halogens is 1. The van der Waals surface area contributed by atoms with Crippen LogP contribution < -0.4 is 19.7 Å². The minimum atomic E-state index is -0.849. The van der Waals surface area contributed by atoms with E-state index in [1.807, 2.05) is 48.5 Å². The number of phenols is 1. The molecular weight excluding hydrogens is 619 g/mol. The normalized spacial score (nSPS) is 24.7. The summed E-state index contributed by atoms with van der Waals surface area (Å²) in [5.74, 6) is 1.84. The first-order chi connectivity index (χ1) is 23.9. The Hall–Kier alpha value is -4.98. The molecular formula is C39H37FN6O3. The first-order valence-corrected chi connectivity index (χ1v) is 17.2. The molecule has 5 aromatic rings. The molecule has 4 fully saturated rings. The Labute approximate surface area is 283 Å². The molecule has 2 N–H and O–H groups in total. The van der Waals surface area contributed by atoms with Crippen molar-refractivity contribution >= 4 is 27.5 Å². The van der Waals surface area contributed by atoms with Gasteiger partial charge in [-0.05, 0) is 85.0 Å². The Balaban J connectivity index is 1.22. The molecule has 0 spiro atoms. The van der Waals surface area contributed by atoms with Crippen molar-refractivity contribution in [2.45, 2.75) is 55.9 Å². The fraction of sp³-hybridized carbons (Fsp3) is 0.359. The highest BCUT2D eigenvalue weighted by Crippen LogP contribution is 2.45. The number of fused-ring (bicyclic) bond motifs is 5. The van der Waals surface area contributed by atoms with Crippen LogP contribution in [0.15, 0.2) is 72.8 Å². The number of hydrogen-bond donors (Lipinski definition) is 2. The Morgan fingerprint density at radius 3 is 2.61 bits per heavy atom. The van der Waals surface area contributed by atoms with Gasteiger partial charge in [0.2, 0.25) is 0 Å². The van der Waals surface area contributed by atoms with Gasteiger partial charge >= 0.3 is 6.01 Å². The quantitative estimate of drug-likeness (QED) is 0.198. The summed E-state index contributed by atoms with van der Waals surface area (Å²) in [4.78, 5) is 14.6. The summed E-state index contributed by atoms with van der Waals surface area (Å²) in [5, 5.41) is 27.1. The highest BCUT2D eigenvalue weighted by atomic mass is 19.1. The summed E-state index contributed by atoms with van der Waals surface area (Å²) >= 11 is 0. The summed E-state index contributed by atoms with van der Waals surface area (Å²) in [6.45, 7) is 3.28. The van der Waals surface area contributed by atoms with Crippen molar-refractivity contribution in [3.63, 3.8) is 0 Å². The zero-order valence-corrected chi connectivity index (χ0v) is 27.1. The third-order valence-corrected chi connectivity index (χ3v) is 10.9. The maximum Gasteiger partial charge on any atom is 0.319 e. The lowest BCUT2D eigenvalue weighted by molar-refractivity contribution is 0.107. The second-order valence-electron chi connectivity index (χ2n) is 14.0. The average Bonchev–Trinajstić information content (AvgIpc) is 3.76. The van der Waals surface area contributed by atoms with Crippen LogP contribution in [0.4, 0.5) is 10.2 Å². The third kappa shape index (κ3) is 5.38. The summed E-state index contributed by atoms with van der Waals surface area (Å²) in [7, 11) is 0. The molecule has 2 bridgehead atoms. The van der Waals surface area contributed by atoms with Gasteiger partial charge in [0.05, 0.1) is 16.6 Å². The van der Waals surface area contributed by atoms with Gasteiger partial charge in [0.25, 0.3) is 0 Å². The van der Waals surface area contributed by atoms with Gasteiger partial charge in [0, 0.05) is 49.1 Å². The number of aromatic hydroxyl groups is 1. The number of hydrogen-bond acceptors (Lipinski definition) is 9. The van der Waals surface area contributed by atoms with Crippen LogP contribution in [0.1, 0.15) is 37.7 Å². The number of ether oxygens (including phenoxy) is 2. The van der Waals surface area contributed by atoms with Gasteiger partial charge in [0.15, 0.2) is 0 Å². The van der Waals surface area contributed by atoms with E-state index in [0.717, 1.165) is 72.9 Å². The number of nitriles is 1. The molecule has 4 atom stereocenters. The monoisotopic (exact) mass is 656 g/mol. The number of alkyl halides is 1. The molecule has 0 unspecified atom stereocenters. The van der Waals surface area contributed by atoms with E-state index in [1.165, 1.54) is 0 Å². The van der Waals surface area contributed by atoms with Gasteiger partial charge < -0.3 is 24.8 Å². The number of para-hydroxylation sites is 1. The molecule has 0 saturated carbocycles. The molecule has 5 heterocycles. The lowest BCUT2D eigenvalue weighted by Gasteiger charge is -2.34. The number of benzene rings is 4. The summed E-state index contributed by atoms with van der Waals surface area (Å²) in [5.41, 5.74) is 2.23. The molecule has 9 nitrogen and oxygen atoms in total. The van der Waals surface area contributed by atoms with Gasteiger partial charge in [-0.1, -0.05) is 36.4 Å². The van der Waals surface area contributed by atoms with Crippen LogP contribution in [-0.2, 0) is 0 Å². The Morgan fingerprint density at radius 2 is 1.76 bits per heavy atom. The van der Waals surface area contributed by atoms with E-state index in [-0.39, 0.29) is 17.3 Å². The molecule has 9 rings (SSSR count). The van der Waals surface area contributed by atoms with Crippen LogP contribution in [0, 0.1) is 11.3 Å². The van der Waals surface area contributed by atoms with E-state index in [2.05, 4.69) is 21.2 Å². The number of rotatable bonds is 7. The van der Waals surface area contributed by atoms with Crippen molar-refractivity contribution < 1.29 is 19.0 Å². The van der Waals surface area contributed by atoms with Crippen LogP contribution >= 0.6 is 0 Å². The molecule has 0 amide bonds. The van der Waals surface area contributed by atoms with Crippen LogP contribution in [0.3, 0.4) is 0 Å². The van der Waals surface area contributed by atoms with Gasteiger partial charge in [-0.25, -0.2) is 4.39 Å². The number of phenolic OH excluding ortho intramolecular Hbond substituents is 1. The molecule has 0 radical (unpaired) electrons. The second-order valence-corrected chi connectivity index (χ2v) is 14.0. The van der Waals surface area contributed by atoms with Crippen molar-refractivity contribution in [1.29, 1.82) is 5.26 Å². The zero-order valence-electron chi connectivity index (χ0n) is 27.1. The first kappa shape index (κ1) is 30.1. The number of piperazine rings is 1. The fourth-order valence-electron chi connectivity index (χ4n) is 8.62. The maximum atomic E-state index is 14.6.